The third-order valence-electron chi connectivity index (χ3n) is 6.15. The van der Waals surface area contributed by atoms with Crippen LogP contribution < -0.4 is 10.2 Å². The molecule has 4 fully saturated rings. The Morgan fingerprint density at radius 2 is 1.95 bits per heavy atom. The summed E-state index contributed by atoms with van der Waals surface area (Å²) in [7, 11) is 0. The van der Waals surface area contributed by atoms with Crippen molar-refractivity contribution in [3.63, 3.8) is 0 Å². The van der Waals surface area contributed by atoms with Crippen LogP contribution in [0.5, 0.6) is 0 Å². The molecule has 2 aliphatic heterocycles. The Morgan fingerprint density at radius 1 is 1.05 bits per heavy atom. The second-order valence-corrected chi connectivity index (χ2v) is 7.13. The van der Waals surface area contributed by atoms with Crippen molar-refractivity contribution in [1.82, 2.24) is 20.5 Å². The van der Waals surface area contributed by atoms with E-state index >= 15 is 0 Å². The van der Waals surface area contributed by atoms with Gasteiger partial charge >= 0.3 is 0 Å². The number of H-pyrrole nitrogens is 1. The normalized spacial score (nSPS) is 42.6. The van der Waals surface area contributed by atoms with E-state index in [4.69, 9.17) is 4.98 Å². The lowest BCUT2D eigenvalue weighted by atomic mass is 9.92. The first-order chi connectivity index (χ1) is 9.92. The quantitative estimate of drug-likeness (QED) is 0.857. The fourth-order valence-corrected chi connectivity index (χ4v) is 5.09. The molecule has 108 valence electrons. The molecule has 2 saturated heterocycles. The SMILES string of the molecule is C1CC2C(C1)C2c1nc(N2CCCC3CNCC32)n[nH]1. The summed E-state index contributed by atoms with van der Waals surface area (Å²) in [5, 5.41) is 11.3. The number of fused-ring (bicyclic) bond motifs is 2. The van der Waals surface area contributed by atoms with Gasteiger partial charge in [0.25, 0.3) is 0 Å². The molecule has 2 aliphatic carbocycles. The summed E-state index contributed by atoms with van der Waals surface area (Å²) in [6.07, 6.45) is 6.88. The standard InChI is InChI=1S/C15H23N5/c1-4-10-11(5-1)13(10)14-17-15(19-18-14)20-6-2-3-9-7-16-8-12(9)20/h9-13,16H,1-8H2,(H,17,18,19). The number of aromatic amines is 1. The molecule has 2 N–H and O–H groups in total. The third kappa shape index (κ3) is 1.59. The minimum Gasteiger partial charge on any atom is -0.335 e. The van der Waals surface area contributed by atoms with Crippen molar-refractivity contribution in [2.75, 3.05) is 24.5 Å². The van der Waals surface area contributed by atoms with Gasteiger partial charge in [0, 0.05) is 31.6 Å². The van der Waals surface area contributed by atoms with Crippen LogP contribution in [0, 0.1) is 17.8 Å². The summed E-state index contributed by atoms with van der Waals surface area (Å²) < 4.78 is 0. The fourth-order valence-electron chi connectivity index (χ4n) is 5.09. The van der Waals surface area contributed by atoms with Crippen LogP contribution in [-0.2, 0) is 0 Å². The van der Waals surface area contributed by atoms with Gasteiger partial charge in [0.1, 0.15) is 5.82 Å². The molecule has 4 unspecified atom stereocenters. The Morgan fingerprint density at radius 3 is 2.85 bits per heavy atom. The Bertz CT molecular complexity index is 502. The molecule has 5 heteroatoms. The number of aromatic nitrogens is 3. The first kappa shape index (κ1) is 11.5. The van der Waals surface area contributed by atoms with Gasteiger partial charge < -0.3 is 10.2 Å². The van der Waals surface area contributed by atoms with E-state index in [1.54, 1.807) is 0 Å². The van der Waals surface area contributed by atoms with Gasteiger partial charge in [-0.1, -0.05) is 6.42 Å². The molecule has 0 spiro atoms. The minimum atomic E-state index is 0.617. The molecule has 1 aromatic heterocycles. The van der Waals surface area contributed by atoms with Gasteiger partial charge in [-0.25, -0.2) is 0 Å². The predicted molar refractivity (Wildman–Crippen MR) is 76.7 cm³/mol. The molecule has 0 aromatic carbocycles. The number of hydrogen-bond donors (Lipinski definition) is 2. The second-order valence-electron chi connectivity index (χ2n) is 7.13. The van der Waals surface area contributed by atoms with Gasteiger partial charge in [-0.3, -0.25) is 5.10 Å². The summed E-state index contributed by atoms with van der Waals surface area (Å²) in [5.41, 5.74) is 0. The molecule has 0 bridgehead atoms. The molecule has 20 heavy (non-hydrogen) atoms. The Balaban J connectivity index is 1.37. The molecule has 2 saturated carbocycles. The number of rotatable bonds is 2. The van der Waals surface area contributed by atoms with Crippen LogP contribution >= 0.6 is 0 Å². The summed E-state index contributed by atoms with van der Waals surface area (Å²) in [5.74, 6) is 5.46. The highest BCUT2D eigenvalue weighted by atomic mass is 15.4. The number of nitrogens with one attached hydrogen (secondary N) is 2. The van der Waals surface area contributed by atoms with Crippen molar-refractivity contribution in [2.45, 2.75) is 44.1 Å². The average Bonchev–Trinajstić information content (AvgIpc) is 3.02. The lowest BCUT2D eigenvalue weighted by Gasteiger charge is -2.36. The maximum Gasteiger partial charge on any atom is 0.245 e. The van der Waals surface area contributed by atoms with E-state index in [9.17, 15) is 0 Å². The molecule has 3 heterocycles. The first-order valence-electron chi connectivity index (χ1n) is 8.31. The number of piperidine rings is 1. The monoisotopic (exact) mass is 273 g/mol. The average molecular weight is 273 g/mol. The smallest absolute Gasteiger partial charge is 0.245 e. The topological polar surface area (TPSA) is 56.8 Å². The predicted octanol–water partition coefficient (Wildman–Crippen LogP) is 1.51. The summed E-state index contributed by atoms with van der Waals surface area (Å²) in [6.45, 7) is 3.39. The summed E-state index contributed by atoms with van der Waals surface area (Å²) in [4.78, 5) is 7.32. The van der Waals surface area contributed by atoms with Gasteiger partial charge in [0.2, 0.25) is 5.95 Å². The van der Waals surface area contributed by atoms with Crippen LogP contribution in [0.3, 0.4) is 0 Å². The number of anilines is 1. The van der Waals surface area contributed by atoms with Crippen molar-refractivity contribution in [3.05, 3.63) is 5.82 Å². The Hall–Kier alpha value is -1.10. The van der Waals surface area contributed by atoms with E-state index in [-0.39, 0.29) is 0 Å². The maximum absolute atomic E-state index is 4.87. The van der Waals surface area contributed by atoms with E-state index < -0.39 is 0 Å². The van der Waals surface area contributed by atoms with E-state index in [0.29, 0.717) is 12.0 Å². The van der Waals surface area contributed by atoms with Crippen molar-refractivity contribution in [1.29, 1.82) is 0 Å². The molecule has 4 atom stereocenters. The highest BCUT2D eigenvalue weighted by Crippen LogP contribution is 2.62. The van der Waals surface area contributed by atoms with Gasteiger partial charge in [-0.2, -0.15) is 4.98 Å². The highest BCUT2D eigenvalue weighted by Gasteiger charge is 2.55. The first-order valence-corrected chi connectivity index (χ1v) is 8.31. The third-order valence-corrected chi connectivity index (χ3v) is 6.15. The van der Waals surface area contributed by atoms with Gasteiger partial charge in [-0.05, 0) is 43.4 Å². The van der Waals surface area contributed by atoms with Crippen molar-refractivity contribution < 1.29 is 0 Å². The number of hydrogen-bond acceptors (Lipinski definition) is 4. The highest BCUT2D eigenvalue weighted by molar-refractivity contribution is 5.35. The van der Waals surface area contributed by atoms with Crippen LogP contribution in [0.15, 0.2) is 0 Å². The van der Waals surface area contributed by atoms with E-state index in [1.165, 1.54) is 44.5 Å². The minimum absolute atomic E-state index is 0.617. The largest absolute Gasteiger partial charge is 0.335 e. The fraction of sp³-hybridized carbons (Fsp3) is 0.867. The number of nitrogens with zero attached hydrogens (tertiary/aromatic N) is 3. The molecule has 4 aliphatic rings. The lowest BCUT2D eigenvalue weighted by molar-refractivity contribution is 0.381. The molecule has 1 aromatic rings. The van der Waals surface area contributed by atoms with Crippen LogP contribution in [0.1, 0.15) is 43.8 Å². The van der Waals surface area contributed by atoms with Crippen molar-refractivity contribution in [3.8, 4) is 0 Å². The zero-order valence-electron chi connectivity index (χ0n) is 11.9. The maximum atomic E-state index is 4.87. The molecule has 0 radical (unpaired) electrons. The molecule has 5 rings (SSSR count). The van der Waals surface area contributed by atoms with Crippen LogP contribution in [0.2, 0.25) is 0 Å². The Kier molecular flexibility index (Phi) is 2.42. The molecular weight excluding hydrogens is 250 g/mol. The lowest BCUT2D eigenvalue weighted by Crippen LogP contribution is -2.45. The summed E-state index contributed by atoms with van der Waals surface area (Å²) in [6, 6.07) is 0.617. The van der Waals surface area contributed by atoms with Crippen molar-refractivity contribution >= 4 is 5.95 Å². The van der Waals surface area contributed by atoms with Gasteiger partial charge in [0.15, 0.2) is 0 Å². The molecular formula is C15H23N5. The molecule has 5 nitrogen and oxygen atoms in total. The summed E-state index contributed by atoms with van der Waals surface area (Å²) >= 11 is 0. The van der Waals surface area contributed by atoms with E-state index in [1.807, 2.05) is 0 Å². The Labute approximate surface area is 119 Å². The van der Waals surface area contributed by atoms with Crippen molar-refractivity contribution in [2.24, 2.45) is 17.8 Å². The van der Waals surface area contributed by atoms with E-state index in [0.717, 1.165) is 36.8 Å². The van der Waals surface area contributed by atoms with Crippen LogP contribution in [0.4, 0.5) is 5.95 Å². The second kappa shape index (κ2) is 4.20. The van der Waals surface area contributed by atoms with Crippen LogP contribution in [0.25, 0.3) is 0 Å². The zero-order chi connectivity index (χ0) is 13.1. The van der Waals surface area contributed by atoms with Gasteiger partial charge in [0.05, 0.1) is 0 Å². The molecule has 0 amide bonds. The zero-order valence-corrected chi connectivity index (χ0v) is 11.9. The van der Waals surface area contributed by atoms with E-state index in [2.05, 4.69) is 20.4 Å². The van der Waals surface area contributed by atoms with Crippen LogP contribution in [-0.4, -0.2) is 40.9 Å². The van der Waals surface area contributed by atoms with Gasteiger partial charge in [-0.15, -0.1) is 5.10 Å².